The second-order valence-electron chi connectivity index (χ2n) is 13.9. The Balaban J connectivity index is 0.000000153. The Morgan fingerprint density at radius 2 is 1.36 bits per heavy atom. The van der Waals surface area contributed by atoms with Crippen LogP contribution in [0.4, 0.5) is 4.79 Å². The lowest BCUT2D eigenvalue weighted by molar-refractivity contribution is -0.254. The first-order valence-electron chi connectivity index (χ1n) is 19.1. The molecule has 0 saturated carbocycles. The maximum Gasteiger partial charge on any atom is 0.414 e. The average molecular weight is 757 g/mol. The molecule has 0 aromatic heterocycles. The van der Waals surface area contributed by atoms with E-state index >= 15 is 0 Å². The van der Waals surface area contributed by atoms with Crippen molar-refractivity contribution in [1.82, 2.24) is 14.9 Å². The normalized spacial score (nSPS) is 24.4. The number of fused-ring (bicyclic) bond motifs is 3. The van der Waals surface area contributed by atoms with Gasteiger partial charge in [-0.15, -0.1) is 0 Å². The van der Waals surface area contributed by atoms with Crippen molar-refractivity contribution in [3.05, 3.63) is 168 Å². The molecule has 0 N–H and O–H groups in total. The Bertz CT molecular complexity index is 1930. The van der Waals surface area contributed by atoms with Crippen molar-refractivity contribution in [2.45, 2.75) is 56.1 Å². The van der Waals surface area contributed by atoms with Gasteiger partial charge in [0.2, 0.25) is 5.90 Å². The second-order valence-corrected chi connectivity index (χ2v) is 13.9. The number of methoxy groups -OCH3 is 1. The Labute approximate surface area is 328 Å². The summed E-state index contributed by atoms with van der Waals surface area (Å²) in [6.07, 6.45) is 9.76. The third kappa shape index (κ3) is 9.72. The molecule has 11 nitrogen and oxygen atoms in total. The Morgan fingerprint density at radius 1 is 0.750 bits per heavy atom. The van der Waals surface area contributed by atoms with Crippen molar-refractivity contribution in [1.29, 1.82) is 0 Å². The topological polar surface area (TPSA) is 102 Å². The van der Waals surface area contributed by atoms with Crippen LogP contribution in [0.5, 0.6) is 0 Å². The molecule has 5 aliphatic rings. The van der Waals surface area contributed by atoms with E-state index in [1.54, 1.807) is 12.3 Å². The summed E-state index contributed by atoms with van der Waals surface area (Å²) in [6, 6.07) is 39.5. The summed E-state index contributed by atoms with van der Waals surface area (Å²) < 4.78 is 15.9. The van der Waals surface area contributed by atoms with Gasteiger partial charge in [0.1, 0.15) is 18.8 Å². The average Bonchev–Trinajstić information content (AvgIpc) is 3.85. The van der Waals surface area contributed by atoms with Crippen LogP contribution in [0, 0.1) is 0 Å². The number of nitrogens with zero attached hydrogens (tertiary/aromatic N) is 4. The molecule has 0 radical (unpaired) electrons. The van der Waals surface area contributed by atoms with E-state index in [9.17, 15) is 9.59 Å². The summed E-state index contributed by atoms with van der Waals surface area (Å²) >= 11 is 0. The van der Waals surface area contributed by atoms with E-state index < -0.39 is 18.2 Å². The fourth-order valence-corrected chi connectivity index (χ4v) is 7.26. The fraction of sp³-hybridized carbons (Fsp3) is 0.311. The molecule has 0 aliphatic carbocycles. The molecule has 56 heavy (non-hydrogen) atoms. The summed E-state index contributed by atoms with van der Waals surface area (Å²) in [6.45, 7) is 3.32. The van der Waals surface area contributed by atoms with E-state index in [1.165, 1.54) is 35.5 Å². The fourth-order valence-electron chi connectivity index (χ4n) is 7.26. The molecule has 9 rings (SSSR count). The number of ether oxygens (including phenoxy) is 3. The van der Waals surface area contributed by atoms with Crippen molar-refractivity contribution >= 4 is 17.9 Å². The SMILES string of the molecule is C1CCOC1.COC(=O)N1C=CC2OC(Cc3ccccc3)=NO[C@H]2[C@@H]1c1ccccc1.O=C(Cc1ccccc1)N1CN2CC=CC(O1)C2c1ccccc1. The minimum absolute atomic E-state index is 0.00184. The zero-order valence-electron chi connectivity index (χ0n) is 31.5. The molecule has 5 heterocycles. The highest BCUT2D eigenvalue weighted by Crippen LogP contribution is 2.37. The number of carbonyl (C=O) groups is 2. The smallest absolute Gasteiger partial charge is 0.414 e. The number of hydrogen-bond acceptors (Lipinski definition) is 9. The highest BCUT2D eigenvalue weighted by atomic mass is 16.7. The van der Waals surface area contributed by atoms with Gasteiger partial charge in [-0.3, -0.25) is 19.4 Å². The molecule has 4 aromatic rings. The number of hydrogen-bond donors (Lipinski definition) is 0. The number of rotatable bonds is 6. The summed E-state index contributed by atoms with van der Waals surface area (Å²) in [7, 11) is 1.36. The molecule has 4 unspecified atom stereocenters. The van der Waals surface area contributed by atoms with Crippen molar-refractivity contribution in [2.75, 3.05) is 33.5 Å². The first-order chi connectivity index (χ1) is 27.6. The first-order valence-corrected chi connectivity index (χ1v) is 19.1. The predicted octanol–water partition coefficient (Wildman–Crippen LogP) is 7.40. The van der Waals surface area contributed by atoms with Crippen LogP contribution >= 0.6 is 0 Å². The van der Waals surface area contributed by atoms with Crippen LogP contribution in [-0.2, 0) is 41.5 Å². The number of benzene rings is 4. The lowest BCUT2D eigenvalue weighted by Gasteiger charge is -2.46. The monoisotopic (exact) mass is 756 g/mol. The van der Waals surface area contributed by atoms with Crippen LogP contribution < -0.4 is 0 Å². The highest BCUT2D eigenvalue weighted by molar-refractivity contribution is 5.79. The van der Waals surface area contributed by atoms with Gasteiger partial charge in [-0.25, -0.2) is 9.86 Å². The van der Waals surface area contributed by atoms with E-state index in [2.05, 4.69) is 34.3 Å². The number of carbonyl (C=O) groups excluding carboxylic acids is 2. The van der Waals surface area contributed by atoms with Crippen molar-refractivity contribution < 1.29 is 33.5 Å². The second kappa shape index (κ2) is 19.2. The molecule has 6 atom stereocenters. The van der Waals surface area contributed by atoms with E-state index in [4.69, 9.17) is 23.9 Å². The molecular weight excluding hydrogens is 709 g/mol. The van der Waals surface area contributed by atoms with Gasteiger partial charge in [0.15, 0.2) is 12.2 Å². The molecule has 2 bridgehead atoms. The van der Waals surface area contributed by atoms with E-state index in [-0.39, 0.29) is 24.2 Å². The standard InChI is InChI=1S/C21H20N2O4.C20H20N2O2.C4H8O/c1-25-21(24)23-13-12-17-20(19(23)16-10-6-3-7-11-16)27-22-18(26-17)14-15-8-4-2-5-9-15;23-19(14-16-8-3-1-4-9-16)22-15-21-13-7-12-18(24-22)20(21)17-10-5-2-6-11-17;1-2-4-5-3-1/h2-13,17,19-20H,14H2,1H3;1-12,18,20H,13-15H2;1-4H2/t17?,19-,20+;;/m0../s1. The van der Waals surface area contributed by atoms with Gasteiger partial charge in [0.05, 0.1) is 26.0 Å². The van der Waals surface area contributed by atoms with E-state index in [0.717, 1.165) is 36.4 Å². The minimum atomic E-state index is -0.462. The van der Waals surface area contributed by atoms with Crippen LogP contribution in [0.1, 0.15) is 47.2 Å². The van der Waals surface area contributed by atoms with E-state index in [1.807, 2.05) is 109 Å². The molecule has 2 fully saturated rings. The Morgan fingerprint density at radius 3 is 1.95 bits per heavy atom. The quantitative estimate of drug-likeness (QED) is 0.188. The third-order valence-electron chi connectivity index (χ3n) is 10.0. The molecule has 5 aliphatic heterocycles. The zero-order chi connectivity index (χ0) is 38.5. The lowest BCUT2D eigenvalue weighted by Crippen LogP contribution is -2.55. The Hall–Kier alpha value is -5.75. The molecule has 2 amide bonds. The maximum atomic E-state index is 12.6. The maximum absolute atomic E-state index is 12.6. The van der Waals surface area contributed by atoms with Gasteiger partial charge >= 0.3 is 6.09 Å². The number of oxime groups is 1. The molecule has 290 valence electrons. The summed E-state index contributed by atoms with van der Waals surface area (Å²) in [5, 5.41) is 5.70. The molecule has 4 aromatic carbocycles. The number of hydroxylamine groups is 2. The lowest BCUT2D eigenvalue weighted by atomic mass is 9.93. The molecule has 2 saturated heterocycles. The predicted molar refractivity (Wildman–Crippen MR) is 212 cm³/mol. The van der Waals surface area contributed by atoms with Gasteiger partial charge in [-0.2, -0.15) is 0 Å². The summed E-state index contributed by atoms with van der Waals surface area (Å²) in [5.41, 5.74) is 4.25. The number of amides is 2. The van der Waals surface area contributed by atoms with Gasteiger partial charge in [-0.05, 0) is 41.2 Å². The van der Waals surface area contributed by atoms with Crippen LogP contribution in [0.2, 0.25) is 0 Å². The van der Waals surface area contributed by atoms with Gasteiger partial charge in [-0.1, -0.05) is 139 Å². The zero-order valence-corrected chi connectivity index (χ0v) is 31.5. The third-order valence-corrected chi connectivity index (χ3v) is 10.0. The summed E-state index contributed by atoms with van der Waals surface area (Å²) in [4.78, 5) is 40.5. The van der Waals surface area contributed by atoms with Crippen molar-refractivity contribution in [2.24, 2.45) is 5.16 Å². The van der Waals surface area contributed by atoms with Gasteiger partial charge in [0, 0.05) is 26.0 Å². The Kier molecular flexibility index (Phi) is 13.2. The van der Waals surface area contributed by atoms with Crippen LogP contribution in [0.25, 0.3) is 0 Å². The van der Waals surface area contributed by atoms with Crippen LogP contribution in [-0.4, -0.2) is 84.6 Å². The summed E-state index contributed by atoms with van der Waals surface area (Å²) in [5.74, 6) is 0.517. The minimum Gasteiger partial charge on any atom is -0.467 e. The molecule has 11 heteroatoms. The van der Waals surface area contributed by atoms with Gasteiger partial charge in [0.25, 0.3) is 5.91 Å². The van der Waals surface area contributed by atoms with Crippen LogP contribution in [0.3, 0.4) is 0 Å². The molecule has 0 spiro atoms. The van der Waals surface area contributed by atoms with Crippen molar-refractivity contribution in [3.8, 4) is 0 Å². The largest absolute Gasteiger partial charge is 0.467 e. The highest BCUT2D eigenvalue weighted by Gasteiger charge is 2.44. The first kappa shape index (κ1) is 38.5. The van der Waals surface area contributed by atoms with Crippen LogP contribution in [0.15, 0.2) is 151 Å². The van der Waals surface area contributed by atoms with Gasteiger partial charge < -0.3 is 19.0 Å². The van der Waals surface area contributed by atoms with Crippen molar-refractivity contribution in [3.63, 3.8) is 0 Å². The molecular formula is C45H48N4O7. The van der Waals surface area contributed by atoms with E-state index in [0.29, 0.717) is 25.4 Å².